The van der Waals surface area contributed by atoms with Crippen molar-refractivity contribution in [2.75, 3.05) is 20.3 Å². The normalized spacial score (nSPS) is 13.6. The number of methoxy groups -OCH3 is 1. The van der Waals surface area contributed by atoms with Gasteiger partial charge in [0.05, 0.1) is 39.6 Å². The predicted molar refractivity (Wildman–Crippen MR) is 128 cm³/mol. The second-order valence-corrected chi connectivity index (χ2v) is 7.82. The molecule has 3 atom stereocenters. The molecule has 0 aromatic heterocycles. The van der Waals surface area contributed by atoms with Crippen LogP contribution >= 0.6 is 0 Å². The van der Waals surface area contributed by atoms with Crippen LogP contribution < -0.4 is 10.1 Å². The van der Waals surface area contributed by atoms with E-state index in [1.54, 1.807) is 31.4 Å². The third-order valence-corrected chi connectivity index (χ3v) is 5.36. The van der Waals surface area contributed by atoms with E-state index in [9.17, 15) is 15.0 Å². The third kappa shape index (κ3) is 7.67. The van der Waals surface area contributed by atoms with Gasteiger partial charge in [0.15, 0.2) is 0 Å². The second kappa shape index (κ2) is 13.5. The Morgan fingerprint density at radius 1 is 0.882 bits per heavy atom. The number of carbonyl (C=O) groups excluding carboxylic acids is 1. The van der Waals surface area contributed by atoms with Gasteiger partial charge in [0.25, 0.3) is 5.91 Å². The van der Waals surface area contributed by atoms with Crippen LogP contribution in [-0.4, -0.2) is 54.7 Å². The number of aliphatic hydroxyl groups excluding tert-OH is 2. The number of nitrogens with one attached hydrogen (secondary N) is 1. The van der Waals surface area contributed by atoms with Gasteiger partial charge in [-0.3, -0.25) is 4.79 Å². The number of carbonyl (C=O) groups is 1. The van der Waals surface area contributed by atoms with Crippen molar-refractivity contribution >= 4 is 5.91 Å². The molecule has 3 N–H and O–H groups in total. The van der Waals surface area contributed by atoms with Gasteiger partial charge in [-0.25, -0.2) is 0 Å². The third-order valence-electron chi connectivity index (χ3n) is 5.36. The first kappa shape index (κ1) is 25.4. The summed E-state index contributed by atoms with van der Waals surface area (Å²) in [7, 11) is 1.54. The van der Waals surface area contributed by atoms with Gasteiger partial charge in [-0.1, -0.05) is 60.7 Å². The van der Waals surface area contributed by atoms with Crippen LogP contribution in [0.15, 0.2) is 84.9 Å². The van der Waals surface area contributed by atoms with Crippen LogP contribution in [0.25, 0.3) is 0 Å². The van der Waals surface area contributed by atoms with Crippen LogP contribution in [0.2, 0.25) is 0 Å². The van der Waals surface area contributed by atoms with Crippen molar-refractivity contribution in [3.8, 4) is 5.75 Å². The van der Waals surface area contributed by atoms with Crippen molar-refractivity contribution in [2.45, 2.75) is 31.5 Å². The number of benzene rings is 3. The minimum Gasteiger partial charge on any atom is -0.497 e. The van der Waals surface area contributed by atoms with Crippen LogP contribution in [-0.2, 0) is 22.7 Å². The summed E-state index contributed by atoms with van der Waals surface area (Å²) in [6.07, 6.45) is -1.98. The molecule has 180 valence electrons. The molecule has 0 unspecified atom stereocenters. The Balaban J connectivity index is 1.65. The summed E-state index contributed by atoms with van der Waals surface area (Å²) in [4.78, 5) is 12.7. The van der Waals surface area contributed by atoms with Gasteiger partial charge >= 0.3 is 0 Å². The number of hydrogen-bond donors (Lipinski definition) is 3. The van der Waals surface area contributed by atoms with E-state index in [-0.39, 0.29) is 13.2 Å². The highest BCUT2D eigenvalue weighted by molar-refractivity contribution is 5.94. The highest BCUT2D eigenvalue weighted by atomic mass is 16.5. The first-order chi connectivity index (χ1) is 16.6. The van der Waals surface area contributed by atoms with E-state index in [1.807, 2.05) is 60.7 Å². The molecule has 0 aliphatic heterocycles. The van der Waals surface area contributed by atoms with Crippen LogP contribution in [0.5, 0.6) is 5.75 Å². The zero-order valence-electron chi connectivity index (χ0n) is 19.2. The van der Waals surface area contributed by atoms with Crippen molar-refractivity contribution in [1.82, 2.24) is 5.32 Å². The number of ether oxygens (including phenoxy) is 3. The number of aliphatic hydroxyl groups is 2. The summed E-state index contributed by atoms with van der Waals surface area (Å²) < 4.78 is 16.9. The van der Waals surface area contributed by atoms with E-state index in [0.717, 1.165) is 11.1 Å². The molecule has 0 spiro atoms. The average molecular weight is 466 g/mol. The van der Waals surface area contributed by atoms with Crippen LogP contribution in [0.4, 0.5) is 0 Å². The maximum absolute atomic E-state index is 12.7. The molecule has 0 aliphatic rings. The minimum atomic E-state index is -1.20. The molecule has 3 aromatic carbocycles. The fourth-order valence-corrected chi connectivity index (χ4v) is 3.38. The van der Waals surface area contributed by atoms with E-state index in [2.05, 4.69) is 5.32 Å². The van der Waals surface area contributed by atoms with Gasteiger partial charge < -0.3 is 29.7 Å². The number of hydrogen-bond acceptors (Lipinski definition) is 6. The van der Waals surface area contributed by atoms with E-state index < -0.39 is 30.8 Å². The standard InChI is InChI=1S/C27H31NO6/c1-32-23-14-12-22(13-15-23)27(31)28-24(16-29)26(30)25(34-18-21-10-6-3-7-11-21)19-33-17-20-8-4-2-5-9-20/h2-15,24-26,29-30H,16-19H2,1H3,(H,28,31)/t24-,25-,26-/m1/s1. The molecule has 0 saturated carbocycles. The molecule has 3 aromatic rings. The molecule has 0 heterocycles. The van der Waals surface area contributed by atoms with Crippen LogP contribution in [0.1, 0.15) is 21.5 Å². The summed E-state index contributed by atoms with van der Waals surface area (Å²) in [6, 6.07) is 24.8. The molecular formula is C27H31NO6. The fraction of sp³-hybridized carbons (Fsp3) is 0.296. The van der Waals surface area contributed by atoms with Crippen LogP contribution in [0.3, 0.4) is 0 Å². The summed E-state index contributed by atoms with van der Waals surface area (Å²) in [5, 5.41) is 23.6. The summed E-state index contributed by atoms with van der Waals surface area (Å²) >= 11 is 0. The van der Waals surface area contributed by atoms with Gasteiger partial charge in [-0.05, 0) is 35.4 Å². The Kier molecular flexibility index (Phi) is 10.1. The maximum Gasteiger partial charge on any atom is 0.251 e. The number of rotatable bonds is 13. The first-order valence-corrected chi connectivity index (χ1v) is 11.1. The Bertz CT molecular complexity index is 981. The largest absolute Gasteiger partial charge is 0.497 e. The predicted octanol–water partition coefficient (Wildman–Crippen LogP) is 2.95. The smallest absolute Gasteiger partial charge is 0.251 e. The lowest BCUT2D eigenvalue weighted by atomic mass is 10.1. The Hall–Kier alpha value is -3.23. The Morgan fingerprint density at radius 3 is 2.03 bits per heavy atom. The average Bonchev–Trinajstić information content (AvgIpc) is 2.90. The molecule has 7 heteroatoms. The summed E-state index contributed by atoms with van der Waals surface area (Å²) in [6.45, 7) is 0.216. The Morgan fingerprint density at radius 2 is 1.47 bits per heavy atom. The quantitative estimate of drug-likeness (QED) is 0.359. The zero-order chi connectivity index (χ0) is 24.2. The lowest BCUT2D eigenvalue weighted by Gasteiger charge is -2.29. The van der Waals surface area contributed by atoms with Crippen molar-refractivity contribution in [3.05, 3.63) is 102 Å². The monoisotopic (exact) mass is 465 g/mol. The fourth-order valence-electron chi connectivity index (χ4n) is 3.38. The molecule has 0 radical (unpaired) electrons. The van der Waals surface area contributed by atoms with Gasteiger partial charge in [0, 0.05) is 5.56 Å². The molecular weight excluding hydrogens is 434 g/mol. The molecule has 0 fully saturated rings. The SMILES string of the molecule is COc1ccc(C(=O)N[C@H](CO)[C@@H](O)[C@@H](COCc2ccccc2)OCc2ccccc2)cc1. The summed E-state index contributed by atoms with van der Waals surface area (Å²) in [5.41, 5.74) is 2.31. The van der Waals surface area contributed by atoms with Gasteiger partial charge in [-0.2, -0.15) is 0 Å². The van der Waals surface area contributed by atoms with Gasteiger partial charge in [0.2, 0.25) is 0 Å². The van der Waals surface area contributed by atoms with E-state index in [4.69, 9.17) is 14.2 Å². The molecule has 7 nitrogen and oxygen atoms in total. The van der Waals surface area contributed by atoms with Crippen molar-refractivity contribution in [3.63, 3.8) is 0 Å². The highest BCUT2D eigenvalue weighted by Gasteiger charge is 2.30. The van der Waals surface area contributed by atoms with Crippen LogP contribution in [0, 0.1) is 0 Å². The summed E-state index contributed by atoms with van der Waals surface area (Å²) in [5.74, 6) is 0.202. The molecule has 0 aliphatic carbocycles. The van der Waals surface area contributed by atoms with E-state index >= 15 is 0 Å². The van der Waals surface area contributed by atoms with Crippen molar-refractivity contribution in [1.29, 1.82) is 0 Å². The van der Waals surface area contributed by atoms with Crippen molar-refractivity contribution in [2.24, 2.45) is 0 Å². The highest BCUT2D eigenvalue weighted by Crippen LogP contribution is 2.14. The maximum atomic E-state index is 12.7. The lowest BCUT2D eigenvalue weighted by molar-refractivity contribution is -0.102. The van der Waals surface area contributed by atoms with Gasteiger partial charge in [-0.15, -0.1) is 0 Å². The molecule has 34 heavy (non-hydrogen) atoms. The molecule has 0 bridgehead atoms. The Labute approximate surface area is 199 Å². The second-order valence-electron chi connectivity index (χ2n) is 7.82. The van der Waals surface area contributed by atoms with E-state index in [0.29, 0.717) is 17.9 Å². The number of amides is 1. The molecule has 1 amide bonds. The lowest BCUT2D eigenvalue weighted by Crippen LogP contribution is -2.52. The zero-order valence-corrected chi connectivity index (χ0v) is 19.2. The molecule has 0 saturated heterocycles. The first-order valence-electron chi connectivity index (χ1n) is 11.1. The topological polar surface area (TPSA) is 97.3 Å². The van der Waals surface area contributed by atoms with Crippen molar-refractivity contribution < 1.29 is 29.2 Å². The van der Waals surface area contributed by atoms with E-state index in [1.165, 1.54) is 0 Å². The minimum absolute atomic E-state index is 0.0812. The van der Waals surface area contributed by atoms with Gasteiger partial charge in [0.1, 0.15) is 18.0 Å². The molecule has 3 rings (SSSR count).